The highest BCUT2D eigenvalue weighted by molar-refractivity contribution is 5.84. The molecule has 2 aromatic rings. The molecule has 0 radical (unpaired) electrons. The van der Waals surface area contributed by atoms with Crippen molar-refractivity contribution in [3.05, 3.63) is 53.5 Å². The Morgan fingerprint density at radius 2 is 1.95 bits per heavy atom. The van der Waals surface area contributed by atoms with E-state index in [1.165, 1.54) is 6.07 Å². The first-order chi connectivity index (χ1) is 10.1. The van der Waals surface area contributed by atoms with Gasteiger partial charge in [-0.3, -0.25) is 0 Å². The highest BCUT2D eigenvalue weighted by Gasteiger charge is 2.10. The van der Waals surface area contributed by atoms with Gasteiger partial charge in [0, 0.05) is 0 Å². The van der Waals surface area contributed by atoms with Crippen LogP contribution in [0.15, 0.2) is 40.8 Å². The van der Waals surface area contributed by atoms with Crippen LogP contribution in [-0.4, -0.2) is 16.2 Å². The van der Waals surface area contributed by atoms with E-state index in [0.29, 0.717) is 11.5 Å². The van der Waals surface area contributed by atoms with Crippen molar-refractivity contribution < 1.29 is 24.2 Å². The lowest BCUT2D eigenvalue weighted by atomic mass is 10.1. The number of hydrogen-bond acceptors (Lipinski definition) is 4. The Labute approximate surface area is 122 Å². The molecule has 21 heavy (non-hydrogen) atoms. The zero-order valence-electron chi connectivity index (χ0n) is 11.8. The van der Waals surface area contributed by atoms with Crippen molar-refractivity contribution in [1.82, 2.24) is 0 Å². The van der Waals surface area contributed by atoms with Gasteiger partial charge in [0.25, 0.3) is 0 Å². The number of carbonyl (C=O) groups is 1. The molecular weight excluding hydrogens is 272 g/mol. The topological polar surface area (TPSA) is 79.9 Å². The summed E-state index contributed by atoms with van der Waals surface area (Å²) in [7, 11) is 0. The Kier molecular flexibility index (Phi) is 5.00. The minimum atomic E-state index is -1.10. The van der Waals surface area contributed by atoms with E-state index in [0.717, 1.165) is 18.4 Å². The van der Waals surface area contributed by atoms with Crippen LogP contribution in [0, 0.1) is 0 Å². The smallest absolute Gasteiger partial charge is 0.371 e. The Morgan fingerprint density at radius 3 is 2.52 bits per heavy atom. The van der Waals surface area contributed by atoms with Gasteiger partial charge in [-0.2, -0.15) is 0 Å². The lowest BCUT2D eigenvalue weighted by molar-refractivity contribution is 0.0658. The van der Waals surface area contributed by atoms with Crippen LogP contribution >= 0.6 is 0 Å². The number of aromatic carboxylic acids is 1. The monoisotopic (exact) mass is 290 g/mol. The van der Waals surface area contributed by atoms with Crippen LogP contribution in [0.3, 0.4) is 0 Å². The minimum Gasteiger partial charge on any atom is -0.486 e. The molecule has 1 aromatic carbocycles. The van der Waals surface area contributed by atoms with E-state index in [-0.39, 0.29) is 12.4 Å². The number of furan rings is 1. The first kappa shape index (κ1) is 15.1. The van der Waals surface area contributed by atoms with E-state index in [1.54, 1.807) is 18.2 Å². The standard InChI is InChI=1S/C16H18O5/c1-2-3-14(17)11-4-6-12(7-5-11)20-10-13-8-9-15(21-13)16(18)19/h4-9,14,17H,2-3,10H2,1H3,(H,18,19). The normalized spacial score (nSPS) is 12.1. The first-order valence-corrected chi connectivity index (χ1v) is 6.83. The maximum Gasteiger partial charge on any atom is 0.371 e. The Balaban J connectivity index is 1.92. The molecule has 0 saturated carbocycles. The van der Waals surface area contributed by atoms with Crippen molar-refractivity contribution in [2.24, 2.45) is 0 Å². The number of carboxylic acids is 1. The number of hydrogen-bond donors (Lipinski definition) is 2. The zero-order valence-corrected chi connectivity index (χ0v) is 11.8. The van der Waals surface area contributed by atoms with Crippen LogP contribution < -0.4 is 4.74 Å². The highest BCUT2D eigenvalue weighted by atomic mass is 16.5. The quantitative estimate of drug-likeness (QED) is 0.817. The van der Waals surface area contributed by atoms with Gasteiger partial charge in [-0.15, -0.1) is 0 Å². The SMILES string of the molecule is CCCC(O)c1ccc(OCc2ccc(C(=O)O)o2)cc1. The summed E-state index contributed by atoms with van der Waals surface area (Å²) in [5, 5.41) is 18.6. The van der Waals surface area contributed by atoms with Crippen LogP contribution in [0.25, 0.3) is 0 Å². The third-order valence-corrected chi connectivity index (χ3v) is 3.08. The number of carboxylic acid groups (broad SMARTS) is 1. The average molecular weight is 290 g/mol. The summed E-state index contributed by atoms with van der Waals surface area (Å²) in [6.45, 7) is 2.18. The molecule has 0 aliphatic rings. The lowest BCUT2D eigenvalue weighted by Gasteiger charge is -2.10. The third kappa shape index (κ3) is 4.10. The van der Waals surface area contributed by atoms with E-state index >= 15 is 0 Å². The van der Waals surface area contributed by atoms with Crippen molar-refractivity contribution in [2.75, 3.05) is 0 Å². The maximum absolute atomic E-state index is 10.7. The zero-order chi connectivity index (χ0) is 15.2. The molecule has 0 aliphatic heterocycles. The Morgan fingerprint density at radius 1 is 1.24 bits per heavy atom. The molecule has 0 bridgehead atoms. The molecule has 1 aromatic heterocycles. The van der Waals surface area contributed by atoms with Gasteiger partial charge in [-0.1, -0.05) is 25.5 Å². The number of ether oxygens (including phenoxy) is 1. The Bertz CT molecular complexity index is 585. The van der Waals surface area contributed by atoms with E-state index in [9.17, 15) is 9.90 Å². The van der Waals surface area contributed by atoms with Gasteiger partial charge < -0.3 is 19.4 Å². The molecular formula is C16H18O5. The van der Waals surface area contributed by atoms with Gasteiger partial charge in [0.2, 0.25) is 5.76 Å². The van der Waals surface area contributed by atoms with Crippen LogP contribution in [0.1, 0.15) is 47.7 Å². The average Bonchev–Trinajstić information content (AvgIpc) is 2.95. The first-order valence-electron chi connectivity index (χ1n) is 6.83. The van der Waals surface area contributed by atoms with Crippen molar-refractivity contribution in [1.29, 1.82) is 0 Å². The predicted octanol–water partition coefficient (Wildman–Crippen LogP) is 3.39. The van der Waals surface area contributed by atoms with Crippen molar-refractivity contribution in [2.45, 2.75) is 32.5 Å². The second kappa shape index (κ2) is 6.95. The molecule has 5 heteroatoms. The molecule has 0 amide bonds. The molecule has 0 saturated heterocycles. The van der Waals surface area contributed by atoms with Gasteiger partial charge >= 0.3 is 5.97 Å². The number of benzene rings is 1. The van der Waals surface area contributed by atoms with Crippen LogP contribution in [-0.2, 0) is 6.61 Å². The summed E-state index contributed by atoms with van der Waals surface area (Å²) < 4.78 is 10.6. The molecule has 1 unspecified atom stereocenters. The van der Waals surface area contributed by atoms with Crippen LogP contribution in [0.2, 0.25) is 0 Å². The van der Waals surface area contributed by atoms with E-state index in [2.05, 4.69) is 0 Å². The summed E-state index contributed by atoms with van der Waals surface area (Å²) in [5.74, 6) is -0.125. The highest BCUT2D eigenvalue weighted by Crippen LogP contribution is 2.22. The van der Waals surface area contributed by atoms with Gasteiger partial charge in [0.1, 0.15) is 18.1 Å². The van der Waals surface area contributed by atoms with Gasteiger partial charge in [0.05, 0.1) is 6.10 Å². The molecule has 2 rings (SSSR count). The number of aliphatic hydroxyl groups is 1. The van der Waals surface area contributed by atoms with Crippen molar-refractivity contribution in [3.63, 3.8) is 0 Å². The molecule has 0 fully saturated rings. The van der Waals surface area contributed by atoms with Crippen LogP contribution in [0.4, 0.5) is 0 Å². The van der Waals surface area contributed by atoms with E-state index < -0.39 is 12.1 Å². The third-order valence-electron chi connectivity index (χ3n) is 3.08. The van der Waals surface area contributed by atoms with Gasteiger partial charge in [0.15, 0.2) is 0 Å². The Hall–Kier alpha value is -2.27. The summed E-state index contributed by atoms with van der Waals surface area (Å²) >= 11 is 0. The van der Waals surface area contributed by atoms with Crippen molar-refractivity contribution >= 4 is 5.97 Å². The van der Waals surface area contributed by atoms with Crippen LogP contribution in [0.5, 0.6) is 5.75 Å². The van der Waals surface area contributed by atoms with Gasteiger partial charge in [-0.05, 0) is 36.2 Å². The summed E-state index contributed by atoms with van der Waals surface area (Å²) in [4.78, 5) is 10.7. The summed E-state index contributed by atoms with van der Waals surface area (Å²) in [6, 6.07) is 10.2. The van der Waals surface area contributed by atoms with E-state index in [1.807, 2.05) is 19.1 Å². The van der Waals surface area contributed by atoms with Crippen molar-refractivity contribution in [3.8, 4) is 5.75 Å². The van der Waals surface area contributed by atoms with E-state index in [4.69, 9.17) is 14.3 Å². The fourth-order valence-electron chi connectivity index (χ4n) is 1.95. The minimum absolute atomic E-state index is 0.105. The molecule has 1 heterocycles. The largest absolute Gasteiger partial charge is 0.486 e. The fourth-order valence-corrected chi connectivity index (χ4v) is 1.95. The number of aliphatic hydroxyl groups excluding tert-OH is 1. The molecule has 0 spiro atoms. The molecule has 112 valence electrons. The molecule has 2 N–H and O–H groups in total. The van der Waals surface area contributed by atoms with Gasteiger partial charge in [-0.25, -0.2) is 4.79 Å². The fraction of sp³-hybridized carbons (Fsp3) is 0.312. The second-order valence-electron chi connectivity index (χ2n) is 4.73. The summed E-state index contributed by atoms with van der Waals surface area (Å²) in [5.41, 5.74) is 0.857. The summed E-state index contributed by atoms with van der Waals surface area (Å²) in [6.07, 6.45) is 1.20. The molecule has 0 aliphatic carbocycles. The predicted molar refractivity (Wildman–Crippen MR) is 76.3 cm³/mol. The maximum atomic E-state index is 10.7. The lowest BCUT2D eigenvalue weighted by Crippen LogP contribution is -1.98. The molecule has 5 nitrogen and oxygen atoms in total. The number of rotatable bonds is 7. The second-order valence-corrected chi connectivity index (χ2v) is 4.73. The molecule has 1 atom stereocenters.